The normalized spacial score (nSPS) is 11.7. The Bertz CT molecular complexity index is 2580. The number of rotatable bonds is 22. The molecule has 2 atom stereocenters. The first kappa shape index (κ1) is 61.3. The van der Waals surface area contributed by atoms with E-state index in [1.807, 2.05) is 224 Å². The van der Waals surface area contributed by atoms with Crippen LogP contribution in [0.1, 0.15) is 101 Å². The van der Waals surface area contributed by atoms with Crippen LogP contribution < -0.4 is 0 Å². The second-order valence-corrected chi connectivity index (χ2v) is 21.2. The number of alkyl halides is 3. The zero-order chi connectivity index (χ0) is 54.5. The molecule has 396 valence electrons. The summed E-state index contributed by atoms with van der Waals surface area (Å²) in [6.45, 7) is 11.3. The van der Waals surface area contributed by atoms with Crippen molar-refractivity contribution in [3.8, 4) is 0 Å². The van der Waals surface area contributed by atoms with Crippen LogP contribution in [0, 0.1) is 11.8 Å². The van der Waals surface area contributed by atoms with Gasteiger partial charge in [-0.1, -0.05) is 198 Å². The molecule has 6 aromatic carbocycles. The maximum Gasteiger partial charge on any atom is 0.310 e. The van der Waals surface area contributed by atoms with Gasteiger partial charge in [-0.2, -0.15) is 5.10 Å². The highest BCUT2D eigenvalue weighted by Gasteiger charge is 2.31. The van der Waals surface area contributed by atoms with Gasteiger partial charge in [0.25, 0.3) is 0 Å². The number of carbonyl (C=O) groups excluding carboxylic acids is 4. The SMILES string of the molecule is CC(C)(C)OC(=O)[C@H](CC(=O)CN=C(c1ccccc1)c1ccccc1)Cc1ccccc1.CC(C)(C)OC(=O)[C@H](CC(=O)N(CCCCl)N=C(c1ccccc1)c1ccccc1)Cc1ccccc1.ClCCCBr. The van der Waals surface area contributed by atoms with E-state index in [9.17, 15) is 19.2 Å². The molecule has 0 unspecified atom stereocenters. The summed E-state index contributed by atoms with van der Waals surface area (Å²) in [4.78, 5) is 57.3. The van der Waals surface area contributed by atoms with Crippen LogP contribution >= 0.6 is 39.1 Å². The molecule has 0 bridgehead atoms. The van der Waals surface area contributed by atoms with Gasteiger partial charge in [0.2, 0.25) is 5.91 Å². The molecule has 0 radical (unpaired) electrons. The second kappa shape index (κ2) is 33.0. The summed E-state index contributed by atoms with van der Waals surface area (Å²) < 4.78 is 11.3. The maximum absolute atomic E-state index is 13.7. The molecule has 75 heavy (non-hydrogen) atoms. The number of nitrogens with zero attached hydrogens (tertiary/aromatic N) is 3. The van der Waals surface area contributed by atoms with E-state index < -0.39 is 29.0 Å². The lowest BCUT2D eigenvalue weighted by molar-refractivity contribution is -0.162. The summed E-state index contributed by atoms with van der Waals surface area (Å²) in [6.07, 6.45) is 2.57. The summed E-state index contributed by atoms with van der Waals surface area (Å²) in [7, 11) is 0. The van der Waals surface area contributed by atoms with Gasteiger partial charge in [-0.15, -0.1) is 23.2 Å². The number of benzene rings is 6. The molecule has 12 heteroatoms. The molecule has 0 aliphatic rings. The monoisotopic (exact) mass is 1120 g/mol. The number of hydrazone groups is 1. The molecule has 0 spiro atoms. The van der Waals surface area contributed by atoms with Crippen molar-refractivity contribution >= 4 is 74.2 Å². The molecule has 0 fully saturated rings. The maximum atomic E-state index is 13.7. The van der Waals surface area contributed by atoms with Gasteiger partial charge in [-0.3, -0.25) is 24.2 Å². The van der Waals surface area contributed by atoms with Gasteiger partial charge in [-0.25, -0.2) is 5.01 Å². The van der Waals surface area contributed by atoms with Crippen LogP contribution in [0.15, 0.2) is 192 Å². The van der Waals surface area contributed by atoms with Crippen LogP contribution in [0.5, 0.6) is 0 Å². The van der Waals surface area contributed by atoms with E-state index >= 15 is 0 Å². The van der Waals surface area contributed by atoms with Crippen molar-refractivity contribution in [1.29, 1.82) is 0 Å². The van der Waals surface area contributed by atoms with Crippen molar-refractivity contribution in [2.45, 2.75) is 91.3 Å². The minimum absolute atomic E-state index is 0.00715. The number of hydrogen-bond acceptors (Lipinski definition) is 8. The molecule has 0 aliphatic heterocycles. The lowest BCUT2D eigenvalue weighted by Gasteiger charge is -2.25. The Morgan fingerprint density at radius 3 is 1.19 bits per heavy atom. The highest BCUT2D eigenvalue weighted by Crippen LogP contribution is 2.23. The number of ether oxygens (including phenoxy) is 2. The Labute approximate surface area is 463 Å². The summed E-state index contributed by atoms with van der Waals surface area (Å²) in [5.41, 5.74) is 5.84. The van der Waals surface area contributed by atoms with Crippen LogP contribution in [0.25, 0.3) is 0 Å². The Balaban J connectivity index is 0.000000299. The summed E-state index contributed by atoms with van der Waals surface area (Å²) in [5.74, 6) is -1.11. The van der Waals surface area contributed by atoms with Gasteiger partial charge in [-0.05, 0) is 78.4 Å². The molecule has 0 saturated carbocycles. The summed E-state index contributed by atoms with van der Waals surface area (Å²) in [6, 6.07) is 58.5. The third kappa shape index (κ3) is 23.9. The smallest absolute Gasteiger partial charge is 0.310 e. The summed E-state index contributed by atoms with van der Waals surface area (Å²) >= 11 is 14.5. The fourth-order valence-corrected chi connectivity index (χ4v) is 8.35. The fourth-order valence-electron chi connectivity index (χ4n) is 7.49. The van der Waals surface area contributed by atoms with Crippen LogP contribution in [0.2, 0.25) is 0 Å². The van der Waals surface area contributed by atoms with Gasteiger partial charge >= 0.3 is 11.9 Å². The number of aliphatic imine (C=N–C) groups is 1. The number of esters is 2. The van der Waals surface area contributed by atoms with Gasteiger partial charge in [0, 0.05) is 58.7 Å². The van der Waals surface area contributed by atoms with Crippen molar-refractivity contribution < 1.29 is 28.7 Å². The third-order valence-corrected chi connectivity index (χ3v) is 12.0. The minimum Gasteiger partial charge on any atom is -0.460 e. The van der Waals surface area contributed by atoms with E-state index in [0.717, 1.165) is 56.7 Å². The van der Waals surface area contributed by atoms with Crippen molar-refractivity contribution in [2.75, 3.05) is 30.2 Å². The minimum atomic E-state index is -0.653. The Kier molecular flexibility index (Phi) is 27.0. The zero-order valence-electron chi connectivity index (χ0n) is 44.2. The molecule has 0 saturated heterocycles. The molecule has 0 heterocycles. The van der Waals surface area contributed by atoms with E-state index in [1.165, 1.54) is 5.01 Å². The van der Waals surface area contributed by atoms with Crippen molar-refractivity contribution in [2.24, 2.45) is 21.9 Å². The average Bonchev–Trinajstić information content (AvgIpc) is 3.40. The lowest BCUT2D eigenvalue weighted by atomic mass is 9.94. The highest BCUT2D eigenvalue weighted by atomic mass is 79.9. The number of hydrogen-bond donors (Lipinski definition) is 0. The molecular weight excluding hydrogens is 1050 g/mol. The van der Waals surface area contributed by atoms with E-state index in [2.05, 4.69) is 20.9 Å². The van der Waals surface area contributed by atoms with Crippen LogP contribution in [-0.2, 0) is 41.5 Å². The first-order chi connectivity index (χ1) is 36.0. The first-order valence-electron chi connectivity index (χ1n) is 25.4. The van der Waals surface area contributed by atoms with E-state index in [4.69, 9.17) is 37.8 Å². The molecular formula is C63H72BrCl2N3O6. The first-order valence-corrected chi connectivity index (χ1v) is 27.6. The highest BCUT2D eigenvalue weighted by molar-refractivity contribution is 9.09. The molecule has 6 aromatic rings. The standard InChI is InChI=1S/C31H35ClN2O3.C29H31NO3.C3H6BrCl/c1-31(2,3)37-30(36)27(22-24-14-7-4-8-15-24)23-28(35)34(21-13-20-32)33-29(25-16-9-5-10-17-25)26-18-11-6-12-19-26;1-29(2,3)33-28(32)25(19-22-13-7-4-8-14-22)20-26(31)21-30-27(23-15-9-5-10-16-23)24-17-11-6-12-18-24;4-2-1-3-5/h4-12,14-19,27H,13,20-23H2,1-3H3;4-18,25H,19-21H2,1-3H3;1-3H2/t27-;25-;/m00./s1. The predicted octanol–water partition coefficient (Wildman–Crippen LogP) is 14.2. The molecule has 9 nitrogen and oxygen atoms in total. The van der Waals surface area contributed by atoms with E-state index in [-0.39, 0.29) is 37.0 Å². The van der Waals surface area contributed by atoms with Crippen LogP contribution in [-0.4, -0.2) is 81.4 Å². The Morgan fingerprint density at radius 2 is 0.853 bits per heavy atom. The Morgan fingerprint density at radius 1 is 0.507 bits per heavy atom. The van der Waals surface area contributed by atoms with Gasteiger partial charge < -0.3 is 9.47 Å². The van der Waals surface area contributed by atoms with E-state index in [0.29, 0.717) is 37.4 Å². The van der Waals surface area contributed by atoms with Crippen LogP contribution in [0.4, 0.5) is 0 Å². The van der Waals surface area contributed by atoms with Crippen LogP contribution in [0.3, 0.4) is 0 Å². The largest absolute Gasteiger partial charge is 0.460 e. The molecule has 6 rings (SSSR count). The van der Waals surface area contributed by atoms with E-state index in [1.54, 1.807) is 0 Å². The third-order valence-electron chi connectivity index (χ3n) is 10.9. The zero-order valence-corrected chi connectivity index (χ0v) is 47.3. The van der Waals surface area contributed by atoms with Gasteiger partial charge in [0.1, 0.15) is 11.2 Å². The Hall–Kier alpha value is -6.20. The van der Waals surface area contributed by atoms with Crippen molar-refractivity contribution in [3.05, 3.63) is 215 Å². The number of amides is 1. The number of carbonyl (C=O) groups is 4. The quantitative estimate of drug-likeness (QED) is 0.0289. The topological polar surface area (TPSA) is 115 Å². The molecule has 0 aliphatic carbocycles. The van der Waals surface area contributed by atoms with Gasteiger partial charge in [0.15, 0.2) is 5.78 Å². The number of ketones is 1. The average molecular weight is 1120 g/mol. The fraction of sp³-hybridized carbons (Fsp3) is 0.333. The van der Waals surface area contributed by atoms with Crippen molar-refractivity contribution in [1.82, 2.24) is 5.01 Å². The molecule has 0 N–H and O–H groups in total. The number of Topliss-reactive ketones (excluding diaryl/α,β-unsaturated/α-hetero) is 1. The lowest BCUT2D eigenvalue weighted by Crippen LogP contribution is -2.35. The predicted molar refractivity (Wildman–Crippen MR) is 311 cm³/mol. The number of halogens is 3. The summed E-state index contributed by atoms with van der Waals surface area (Å²) in [5, 5.41) is 7.32. The second-order valence-electron chi connectivity index (χ2n) is 19.7. The molecule has 0 aromatic heterocycles. The molecule has 1 amide bonds. The van der Waals surface area contributed by atoms with Gasteiger partial charge in [0.05, 0.1) is 29.8 Å². The van der Waals surface area contributed by atoms with Crippen molar-refractivity contribution in [3.63, 3.8) is 0 Å².